The molecule has 0 aliphatic heterocycles. The van der Waals surface area contributed by atoms with Crippen LogP contribution in [0.25, 0.3) is 0 Å². The first-order chi connectivity index (χ1) is 8.65. The fourth-order valence-electron chi connectivity index (χ4n) is 1.53. The highest BCUT2D eigenvalue weighted by molar-refractivity contribution is 7.98. The molecule has 0 bridgehead atoms. The molecule has 1 atom stereocenters. The first kappa shape index (κ1) is 18.6. The number of nitrogens with one attached hydrogen (secondary N) is 1. The van der Waals surface area contributed by atoms with E-state index in [2.05, 4.69) is 5.32 Å². The number of thioether (sulfide) groups is 1. The molecule has 108 valence electrons. The highest BCUT2D eigenvalue weighted by Gasteiger charge is 2.11. The van der Waals surface area contributed by atoms with Crippen LogP contribution in [-0.2, 0) is 11.2 Å². The number of carbonyl (C=O) groups is 1. The fourth-order valence-corrected chi connectivity index (χ4v) is 2.25. The summed E-state index contributed by atoms with van der Waals surface area (Å²) in [6, 6.07) is 7.23. The van der Waals surface area contributed by atoms with Crippen LogP contribution >= 0.6 is 35.8 Å². The summed E-state index contributed by atoms with van der Waals surface area (Å²) in [6.45, 7) is 0.565. The number of hydrogen-bond acceptors (Lipinski definition) is 3. The number of amides is 1. The molecule has 1 aromatic rings. The smallest absolute Gasteiger partial charge is 0.236 e. The predicted molar refractivity (Wildman–Crippen MR) is 86.4 cm³/mol. The third kappa shape index (κ3) is 7.06. The number of halogens is 2. The lowest BCUT2D eigenvalue weighted by Gasteiger charge is -2.11. The molecule has 19 heavy (non-hydrogen) atoms. The molecule has 0 aliphatic rings. The minimum absolute atomic E-state index is 0. The van der Waals surface area contributed by atoms with Gasteiger partial charge in [-0.25, -0.2) is 0 Å². The summed E-state index contributed by atoms with van der Waals surface area (Å²) in [4.78, 5) is 11.6. The van der Waals surface area contributed by atoms with Gasteiger partial charge in [-0.1, -0.05) is 29.8 Å². The lowest BCUT2D eigenvalue weighted by Crippen LogP contribution is -2.41. The van der Waals surface area contributed by atoms with Crippen molar-refractivity contribution in [1.29, 1.82) is 0 Å². The Bertz CT molecular complexity index is 391. The van der Waals surface area contributed by atoms with E-state index in [1.54, 1.807) is 11.8 Å². The molecular formula is C13H20Cl2N2OS. The molecule has 0 unspecified atom stereocenters. The van der Waals surface area contributed by atoms with Crippen molar-refractivity contribution in [2.45, 2.75) is 18.9 Å². The zero-order valence-corrected chi connectivity index (χ0v) is 13.3. The second-order valence-electron chi connectivity index (χ2n) is 4.02. The number of hydrogen-bond donors (Lipinski definition) is 2. The maximum Gasteiger partial charge on any atom is 0.236 e. The molecule has 0 saturated heterocycles. The van der Waals surface area contributed by atoms with Gasteiger partial charge in [-0.2, -0.15) is 11.8 Å². The number of benzene rings is 1. The zero-order chi connectivity index (χ0) is 13.4. The molecule has 0 heterocycles. The van der Waals surface area contributed by atoms with Crippen molar-refractivity contribution in [1.82, 2.24) is 5.32 Å². The summed E-state index contributed by atoms with van der Waals surface area (Å²) >= 11 is 7.72. The normalized spacial score (nSPS) is 11.5. The van der Waals surface area contributed by atoms with Crippen LogP contribution in [0.4, 0.5) is 0 Å². The van der Waals surface area contributed by atoms with Crippen molar-refractivity contribution in [3.63, 3.8) is 0 Å². The molecule has 1 rings (SSSR count). The highest BCUT2D eigenvalue weighted by atomic mass is 35.5. The molecule has 0 aromatic heterocycles. The summed E-state index contributed by atoms with van der Waals surface area (Å²) in [5.74, 6) is 0.815. The number of carbonyl (C=O) groups excluding carboxylic acids is 1. The molecule has 6 heteroatoms. The largest absolute Gasteiger partial charge is 0.354 e. The van der Waals surface area contributed by atoms with Crippen molar-refractivity contribution < 1.29 is 4.79 Å². The molecule has 3 N–H and O–H groups in total. The fraction of sp³-hybridized carbons (Fsp3) is 0.462. The molecule has 0 radical (unpaired) electrons. The molecule has 0 aliphatic carbocycles. The monoisotopic (exact) mass is 322 g/mol. The SMILES string of the molecule is CSCC[C@H](N)C(=O)NCCc1ccccc1Cl.Cl. The van der Waals surface area contributed by atoms with E-state index in [-0.39, 0.29) is 18.3 Å². The predicted octanol–water partition coefficient (Wildman–Crippen LogP) is 2.50. The van der Waals surface area contributed by atoms with E-state index >= 15 is 0 Å². The second kappa shape index (κ2) is 10.4. The zero-order valence-electron chi connectivity index (χ0n) is 10.9. The lowest BCUT2D eigenvalue weighted by molar-refractivity contribution is -0.122. The van der Waals surface area contributed by atoms with Crippen molar-refractivity contribution in [3.05, 3.63) is 34.9 Å². The molecule has 3 nitrogen and oxygen atoms in total. The number of rotatable bonds is 7. The summed E-state index contributed by atoms with van der Waals surface area (Å²) in [5, 5.41) is 3.57. The van der Waals surface area contributed by atoms with Gasteiger partial charge in [-0.15, -0.1) is 12.4 Å². The van der Waals surface area contributed by atoms with Gasteiger partial charge in [0.05, 0.1) is 6.04 Å². The second-order valence-corrected chi connectivity index (χ2v) is 5.41. The first-order valence-electron chi connectivity index (χ1n) is 5.90. The Morgan fingerprint density at radius 3 is 2.79 bits per heavy atom. The number of nitrogens with two attached hydrogens (primary N) is 1. The van der Waals surface area contributed by atoms with Crippen LogP contribution < -0.4 is 11.1 Å². The van der Waals surface area contributed by atoms with Gasteiger partial charge in [-0.3, -0.25) is 4.79 Å². The van der Waals surface area contributed by atoms with Crippen LogP contribution in [0.5, 0.6) is 0 Å². The molecular weight excluding hydrogens is 303 g/mol. The van der Waals surface area contributed by atoms with E-state index in [0.29, 0.717) is 13.0 Å². The van der Waals surface area contributed by atoms with Crippen molar-refractivity contribution in [3.8, 4) is 0 Å². The minimum atomic E-state index is -0.413. The van der Waals surface area contributed by atoms with Crippen LogP contribution in [0.2, 0.25) is 5.02 Å². The maximum atomic E-state index is 11.6. The van der Waals surface area contributed by atoms with Gasteiger partial charge < -0.3 is 11.1 Å². The van der Waals surface area contributed by atoms with Crippen LogP contribution in [0.1, 0.15) is 12.0 Å². The molecule has 0 spiro atoms. The Morgan fingerprint density at radius 1 is 1.47 bits per heavy atom. The molecule has 1 aromatic carbocycles. The van der Waals surface area contributed by atoms with E-state index in [1.165, 1.54) is 0 Å². The van der Waals surface area contributed by atoms with E-state index in [9.17, 15) is 4.79 Å². The van der Waals surface area contributed by atoms with E-state index in [4.69, 9.17) is 17.3 Å². The minimum Gasteiger partial charge on any atom is -0.354 e. The Labute approximate surface area is 130 Å². The Hall–Kier alpha value is -0.420. The Morgan fingerprint density at radius 2 is 2.16 bits per heavy atom. The Balaban J connectivity index is 0.00000324. The lowest BCUT2D eigenvalue weighted by atomic mass is 10.1. The van der Waals surface area contributed by atoms with Crippen LogP contribution in [0.15, 0.2) is 24.3 Å². The molecule has 0 fully saturated rings. The van der Waals surface area contributed by atoms with Crippen LogP contribution in [-0.4, -0.2) is 30.5 Å². The third-order valence-corrected chi connectivity index (χ3v) is 3.63. The highest BCUT2D eigenvalue weighted by Crippen LogP contribution is 2.14. The van der Waals surface area contributed by atoms with Crippen molar-refractivity contribution >= 4 is 41.7 Å². The van der Waals surface area contributed by atoms with Crippen LogP contribution in [0, 0.1) is 0 Å². The topological polar surface area (TPSA) is 55.1 Å². The van der Waals surface area contributed by atoms with E-state index < -0.39 is 6.04 Å². The Kier molecular flexibility index (Phi) is 10.1. The van der Waals surface area contributed by atoms with Gasteiger partial charge >= 0.3 is 0 Å². The molecule has 0 saturated carbocycles. The van der Waals surface area contributed by atoms with Crippen LogP contribution in [0.3, 0.4) is 0 Å². The van der Waals surface area contributed by atoms with Gasteiger partial charge in [0.2, 0.25) is 5.91 Å². The average Bonchev–Trinajstić information content (AvgIpc) is 2.38. The quantitative estimate of drug-likeness (QED) is 0.811. The van der Waals surface area contributed by atoms with Gasteiger partial charge in [0, 0.05) is 11.6 Å². The third-order valence-electron chi connectivity index (χ3n) is 2.62. The first-order valence-corrected chi connectivity index (χ1v) is 7.68. The summed E-state index contributed by atoms with van der Waals surface area (Å²) < 4.78 is 0. The van der Waals surface area contributed by atoms with Gasteiger partial charge in [0.1, 0.15) is 0 Å². The van der Waals surface area contributed by atoms with E-state index in [1.807, 2.05) is 30.5 Å². The summed E-state index contributed by atoms with van der Waals surface area (Å²) in [5.41, 5.74) is 6.80. The van der Waals surface area contributed by atoms with Gasteiger partial charge in [-0.05, 0) is 36.5 Å². The van der Waals surface area contributed by atoms with Crippen molar-refractivity contribution in [2.75, 3.05) is 18.6 Å². The summed E-state index contributed by atoms with van der Waals surface area (Å²) in [6.07, 6.45) is 3.43. The van der Waals surface area contributed by atoms with Crippen molar-refractivity contribution in [2.24, 2.45) is 5.73 Å². The maximum absolute atomic E-state index is 11.6. The average molecular weight is 323 g/mol. The van der Waals surface area contributed by atoms with E-state index in [0.717, 1.165) is 22.8 Å². The van der Waals surface area contributed by atoms with Gasteiger partial charge in [0.15, 0.2) is 0 Å². The summed E-state index contributed by atoms with van der Waals surface area (Å²) in [7, 11) is 0. The van der Waals surface area contributed by atoms with Gasteiger partial charge in [0.25, 0.3) is 0 Å². The molecule has 1 amide bonds. The standard InChI is InChI=1S/C13H19ClN2OS.ClH/c1-18-9-7-12(15)13(17)16-8-6-10-4-2-3-5-11(10)14;/h2-5,12H,6-9,15H2,1H3,(H,16,17);1H/t12-;/m0./s1.